The normalized spacial score (nSPS) is 31.8. The summed E-state index contributed by atoms with van der Waals surface area (Å²) in [6.45, 7) is 3.05. The van der Waals surface area contributed by atoms with Gasteiger partial charge in [-0.25, -0.2) is 0 Å². The number of hydrogen-bond acceptors (Lipinski definition) is 7. The monoisotopic (exact) mass is 562 g/mol. The predicted molar refractivity (Wildman–Crippen MR) is 150 cm³/mol. The Morgan fingerprint density at radius 2 is 1.85 bits per heavy atom. The van der Waals surface area contributed by atoms with Gasteiger partial charge in [-0.15, -0.1) is 0 Å². The van der Waals surface area contributed by atoms with Crippen LogP contribution in [-0.4, -0.2) is 67.3 Å². The fraction of sp³-hybridized carbons (Fsp3) is 0.759. The number of nitrogens with one attached hydrogen (secondary N) is 2. The highest BCUT2D eigenvalue weighted by molar-refractivity contribution is 6.33. The van der Waals surface area contributed by atoms with Crippen molar-refractivity contribution in [3.05, 3.63) is 27.0 Å². The smallest absolute Gasteiger partial charge is 0.305 e. The van der Waals surface area contributed by atoms with Gasteiger partial charge in [0, 0.05) is 32.0 Å². The minimum absolute atomic E-state index is 0.0377. The first-order chi connectivity index (χ1) is 18.7. The fourth-order valence-corrected chi connectivity index (χ4v) is 8.23. The molecule has 6 rings (SSSR count). The second-order valence-corrected chi connectivity index (χ2v) is 13.0. The van der Waals surface area contributed by atoms with Crippen LogP contribution in [0, 0.1) is 23.2 Å². The van der Waals surface area contributed by atoms with Crippen molar-refractivity contribution in [3.63, 3.8) is 0 Å². The van der Waals surface area contributed by atoms with Crippen LogP contribution in [0.15, 0.2) is 10.9 Å². The molecular formula is C29H43ClN4O5. The maximum atomic E-state index is 12.7. The number of nitrogens with two attached hydrogens (primary N) is 1. The highest BCUT2D eigenvalue weighted by Crippen LogP contribution is 2.60. The molecule has 1 saturated heterocycles. The summed E-state index contributed by atoms with van der Waals surface area (Å²) in [6, 6.07) is 1.08. The Hall–Kier alpha value is -2.10. The van der Waals surface area contributed by atoms with Gasteiger partial charge in [-0.3, -0.25) is 14.4 Å². The number of amides is 1. The van der Waals surface area contributed by atoms with Crippen LogP contribution >= 0.6 is 11.6 Å². The molecule has 39 heavy (non-hydrogen) atoms. The van der Waals surface area contributed by atoms with Gasteiger partial charge >= 0.3 is 5.97 Å². The van der Waals surface area contributed by atoms with Crippen LogP contribution in [0.4, 0.5) is 5.82 Å². The van der Waals surface area contributed by atoms with Crippen LogP contribution in [0.3, 0.4) is 0 Å². The minimum Gasteiger partial charge on any atom is -0.465 e. The second kappa shape index (κ2) is 12.2. The molecule has 0 aromatic carbocycles. The van der Waals surface area contributed by atoms with E-state index in [9.17, 15) is 14.4 Å². The Morgan fingerprint density at radius 1 is 1.15 bits per heavy atom. The minimum atomic E-state index is -0.572. The first-order valence-electron chi connectivity index (χ1n) is 14.6. The Bertz CT molecular complexity index is 1070. The van der Waals surface area contributed by atoms with E-state index in [2.05, 4.69) is 15.2 Å². The van der Waals surface area contributed by atoms with Gasteiger partial charge in [0.2, 0.25) is 0 Å². The molecule has 10 heteroatoms. The summed E-state index contributed by atoms with van der Waals surface area (Å²) < 4.78 is 11.5. The zero-order valence-electron chi connectivity index (χ0n) is 23.0. The molecule has 1 amide bonds. The SMILES string of the molecule is COC1CN(CCCCCC(=O)OCC23CC4CC(CC(C4)C2)C3)CCC1NC(=O)c1cc(Cl)c(N)[nH]c1=O. The van der Waals surface area contributed by atoms with Crippen molar-refractivity contribution in [2.24, 2.45) is 23.2 Å². The van der Waals surface area contributed by atoms with E-state index in [-0.39, 0.29) is 39.9 Å². The predicted octanol–water partition coefficient (Wildman–Crippen LogP) is 3.75. The topological polar surface area (TPSA) is 127 Å². The molecule has 4 bridgehead atoms. The van der Waals surface area contributed by atoms with Crippen LogP contribution in [0.25, 0.3) is 0 Å². The number of aromatic nitrogens is 1. The molecular weight excluding hydrogens is 520 g/mol. The number of methoxy groups -OCH3 is 1. The summed E-state index contributed by atoms with van der Waals surface area (Å²) in [7, 11) is 1.63. The van der Waals surface area contributed by atoms with Gasteiger partial charge in [0.15, 0.2) is 0 Å². The molecule has 0 radical (unpaired) electrons. The Morgan fingerprint density at radius 3 is 2.51 bits per heavy atom. The number of nitrogen functional groups attached to an aromatic ring is 1. The molecule has 4 N–H and O–H groups in total. The standard InChI is InChI=1S/C29H43ClN4O5/c1-38-24-16-34(8-6-23(24)32-27(36)21-12-22(30)26(31)33-28(21)37)7-4-2-3-5-25(35)39-17-29-13-18-9-19(14-29)11-20(10-18)15-29/h12,18-20,23-24H,2-11,13-17H2,1H3,(H,32,36)(H3,31,33,37). The van der Waals surface area contributed by atoms with Crippen LogP contribution in [0.2, 0.25) is 5.02 Å². The molecule has 0 spiro atoms. The first-order valence-corrected chi connectivity index (χ1v) is 15.0. The number of piperidine rings is 1. The molecule has 5 fully saturated rings. The average Bonchev–Trinajstić information content (AvgIpc) is 2.89. The number of rotatable bonds is 11. The lowest BCUT2D eigenvalue weighted by Crippen LogP contribution is -2.55. The number of ether oxygens (including phenoxy) is 2. The second-order valence-electron chi connectivity index (χ2n) is 12.6. The molecule has 4 aliphatic carbocycles. The lowest BCUT2D eigenvalue weighted by molar-refractivity contribution is -0.155. The molecule has 9 nitrogen and oxygen atoms in total. The van der Waals surface area contributed by atoms with E-state index in [0.29, 0.717) is 26.0 Å². The number of halogens is 1. The van der Waals surface area contributed by atoms with Crippen molar-refractivity contribution in [1.29, 1.82) is 0 Å². The van der Waals surface area contributed by atoms with E-state index in [4.69, 9.17) is 26.8 Å². The summed E-state index contributed by atoms with van der Waals surface area (Å²) >= 11 is 5.98. The number of esters is 1. The molecule has 1 aromatic rings. The summed E-state index contributed by atoms with van der Waals surface area (Å²) in [4.78, 5) is 42.0. The summed E-state index contributed by atoms with van der Waals surface area (Å²) in [6.07, 6.45) is 11.9. The van der Waals surface area contributed by atoms with E-state index in [1.807, 2.05) is 0 Å². The van der Waals surface area contributed by atoms with Crippen molar-refractivity contribution < 1.29 is 19.1 Å². The Labute approximate surface area is 235 Å². The highest BCUT2D eigenvalue weighted by atomic mass is 35.5. The summed E-state index contributed by atoms with van der Waals surface area (Å²) in [5.74, 6) is 2.14. The van der Waals surface area contributed by atoms with Crippen LogP contribution < -0.4 is 16.6 Å². The quantitative estimate of drug-likeness (QED) is 0.277. The number of pyridine rings is 1. The Balaban J connectivity index is 0.980. The third-order valence-corrected chi connectivity index (χ3v) is 9.90. The van der Waals surface area contributed by atoms with Gasteiger partial charge in [0.1, 0.15) is 11.4 Å². The molecule has 2 unspecified atom stereocenters. The van der Waals surface area contributed by atoms with Gasteiger partial charge in [0.25, 0.3) is 11.5 Å². The van der Waals surface area contributed by atoms with Gasteiger partial charge in [-0.1, -0.05) is 18.0 Å². The highest BCUT2D eigenvalue weighted by Gasteiger charge is 2.51. The van der Waals surface area contributed by atoms with E-state index in [0.717, 1.165) is 50.1 Å². The number of likely N-dealkylation sites (tertiary alicyclic amines) is 1. The van der Waals surface area contributed by atoms with Crippen LogP contribution in [0.1, 0.15) is 81.0 Å². The number of carbonyl (C=O) groups excluding carboxylic acids is 2. The van der Waals surface area contributed by atoms with Crippen molar-refractivity contribution in [1.82, 2.24) is 15.2 Å². The molecule has 2 atom stereocenters. The number of anilines is 1. The first kappa shape index (κ1) is 28.4. The zero-order chi connectivity index (χ0) is 27.6. The number of unbranched alkanes of at least 4 members (excludes halogenated alkanes) is 2. The van der Waals surface area contributed by atoms with Crippen molar-refractivity contribution in [3.8, 4) is 0 Å². The molecule has 1 aliphatic heterocycles. The third-order valence-electron chi connectivity index (χ3n) is 9.59. The molecule has 1 aromatic heterocycles. The van der Waals surface area contributed by atoms with E-state index in [1.165, 1.54) is 44.6 Å². The third kappa shape index (κ3) is 6.80. The summed E-state index contributed by atoms with van der Waals surface area (Å²) in [5.41, 5.74) is 5.25. The van der Waals surface area contributed by atoms with E-state index >= 15 is 0 Å². The molecule has 5 aliphatic rings. The lowest BCUT2D eigenvalue weighted by atomic mass is 9.50. The van der Waals surface area contributed by atoms with Gasteiger partial charge in [0.05, 0.1) is 23.8 Å². The average molecular weight is 563 g/mol. The number of aromatic amines is 1. The maximum Gasteiger partial charge on any atom is 0.305 e. The van der Waals surface area contributed by atoms with Gasteiger partial charge in [-0.2, -0.15) is 0 Å². The number of H-pyrrole nitrogens is 1. The number of hydrogen-bond donors (Lipinski definition) is 3. The van der Waals surface area contributed by atoms with Gasteiger partial charge in [-0.05, 0) is 88.2 Å². The van der Waals surface area contributed by atoms with E-state index in [1.54, 1.807) is 7.11 Å². The fourth-order valence-electron chi connectivity index (χ4n) is 8.08. The van der Waals surface area contributed by atoms with E-state index < -0.39 is 11.5 Å². The largest absolute Gasteiger partial charge is 0.465 e. The van der Waals surface area contributed by atoms with Crippen molar-refractivity contribution >= 4 is 29.3 Å². The summed E-state index contributed by atoms with van der Waals surface area (Å²) in [5, 5.41) is 3.06. The molecule has 4 saturated carbocycles. The van der Waals surface area contributed by atoms with Crippen LogP contribution in [-0.2, 0) is 14.3 Å². The van der Waals surface area contributed by atoms with Crippen LogP contribution in [0.5, 0.6) is 0 Å². The number of nitrogens with zero attached hydrogens (tertiary/aromatic N) is 1. The lowest BCUT2D eigenvalue weighted by Gasteiger charge is -2.56. The van der Waals surface area contributed by atoms with Gasteiger partial charge < -0.3 is 30.4 Å². The Kier molecular flexibility index (Phi) is 8.88. The zero-order valence-corrected chi connectivity index (χ0v) is 23.8. The molecule has 2 heterocycles. The number of carbonyl (C=O) groups is 2. The van der Waals surface area contributed by atoms with Crippen molar-refractivity contribution in [2.45, 2.75) is 82.8 Å². The molecule has 216 valence electrons. The maximum absolute atomic E-state index is 12.7. The van der Waals surface area contributed by atoms with Crippen molar-refractivity contribution in [2.75, 3.05) is 39.1 Å².